The molecule has 4 nitrogen and oxygen atoms in total. The van der Waals surface area contributed by atoms with Crippen molar-refractivity contribution in [2.24, 2.45) is 0 Å². The molecule has 0 fully saturated rings. The molecule has 102 valence electrons. The van der Waals surface area contributed by atoms with E-state index in [1.54, 1.807) is 12.1 Å². The summed E-state index contributed by atoms with van der Waals surface area (Å²) in [4.78, 5) is 12.1. The van der Waals surface area contributed by atoms with Crippen LogP contribution in [0.15, 0.2) is 32.5 Å². The summed E-state index contributed by atoms with van der Waals surface area (Å²) in [5.74, 6) is 1.09. The number of hydrogen-bond donors (Lipinski definition) is 0. The van der Waals surface area contributed by atoms with Gasteiger partial charge in [-0.15, -0.1) is 0 Å². The summed E-state index contributed by atoms with van der Waals surface area (Å²) in [5, 5.41) is 1.01. The first-order valence-corrected chi connectivity index (χ1v) is 7.14. The van der Waals surface area contributed by atoms with Crippen LogP contribution in [0.5, 0.6) is 11.5 Å². The molecule has 0 N–H and O–H groups in total. The largest absolute Gasteiger partial charge is 0.496 e. The van der Waals surface area contributed by atoms with Crippen molar-refractivity contribution >= 4 is 22.7 Å². The molecule has 0 aliphatic heterocycles. The van der Waals surface area contributed by atoms with Crippen LogP contribution in [0.3, 0.4) is 0 Å². The number of fused-ring (bicyclic) bond motifs is 1. The molecule has 0 unspecified atom stereocenters. The molecule has 0 atom stereocenters. The van der Waals surface area contributed by atoms with Crippen molar-refractivity contribution in [1.29, 1.82) is 0 Å². The second-order valence-electron chi connectivity index (χ2n) is 4.30. The van der Waals surface area contributed by atoms with E-state index < -0.39 is 0 Å². The minimum Gasteiger partial charge on any atom is -0.496 e. The van der Waals surface area contributed by atoms with Crippen molar-refractivity contribution in [2.75, 3.05) is 13.4 Å². The molecule has 0 aliphatic carbocycles. The van der Waals surface area contributed by atoms with Crippen LogP contribution in [0.2, 0.25) is 0 Å². The van der Waals surface area contributed by atoms with Gasteiger partial charge in [0.15, 0.2) is 10.5 Å². The predicted molar refractivity (Wildman–Crippen MR) is 76.6 cm³/mol. The Balaban J connectivity index is 2.70. The summed E-state index contributed by atoms with van der Waals surface area (Å²) in [7, 11) is 1.52. The first-order chi connectivity index (χ1) is 9.05. The summed E-state index contributed by atoms with van der Waals surface area (Å²) in [6.07, 6.45) is 1.90. The van der Waals surface area contributed by atoms with E-state index in [1.807, 2.05) is 20.1 Å². The van der Waals surface area contributed by atoms with Gasteiger partial charge in [0.05, 0.1) is 13.2 Å². The number of methoxy groups -OCH3 is 1. The van der Waals surface area contributed by atoms with Gasteiger partial charge in [-0.05, 0) is 20.1 Å². The van der Waals surface area contributed by atoms with Crippen LogP contribution in [-0.4, -0.2) is 19.5 Å². The molecule has 19 heavy (non-hydrogen) atoms. The van der Waals surface area contributed by atoms with Gasteiger partial charge < -0.3 is 13.9 Å². The molecule has 0 bridgehead atoms. The zero-order chi connectivity index (χ0) is 14.0. The van der Waals surface area contributed by atoms with Crippen LogP contribution in [-0.2, 0) is 0 Å². The van der Waals surface area contributed by atoms with E-state index in [0.717, 1.165) is 0 Å². The lowest BCUT2D eigenvalue weighted by atomic mass is 10.2. The summed E-state index contributed by atoms with van der Waals surface area (Å²) in [6.45, 7) is 3.87. The highest BCUT2D eigenvalue weighted by molar-refractivity contribution is 7.98. The molecule has 0 saturated heterocycles. The lowest BCUT2D eigenvalue weighted by Gasteiger charge is -2.12. The van der Waals surface area contributed by atoms with Gasteiger partial charge >= 0.3 is 0 Å². The first-order valence-electron chi connectivity index (χ1n) is 5.91. The zero-order valence-corrected chi connectivity index (χ0v) is 12.2. The van der Waals surface area contributed by atoms with Crippen LogP contribution in [0.25, 0.3) is 11.0 Å². The third-order valence-electron chi connectivity index (χ3n) is 2.54. The van der Waals surface area contributed by atoms with Gasteiger partial charge in [-0.25, -0.2) is 0 Å². The van der Waals surface area contributed by atoms with Gasteiger partial charge in [0.1, 0.15) is 22.5 Å². The Hall–Kier alpha value is -1.62. The van der Waals surface area contributed by atoms with E-state index >= 15 is 0 Å². The van der Waals surface area contributed by atoms with Crippen molar-refractivity contribution in [1.82, 2.24) is 0 Å². The quantitative estimate of drug-likeness (QED) is 0.804. The third-order valence-corrected chi connectivity index (χ3v) is 3.14. The summed E-state index contributed by atoms with van der Waals surface area (Å²) in [5.41, 5.74) is 0.366. The van der Waals surface area contributed by atoms with Crippen molar-refractivity contribution in [2.45, 2.75) is 25.0 Å². The standard InChI is InChI=1S/C14H16O4S/c1-8(2)17-9-5-11(16-3)14-10(15)7-13(19-4)18-12(14)6-9/h5-8H,1-4H3. The Morgan fingerprint density at radius 2 is 2.00 bits per heavy atom. The van der Waals surface area contributed by atoms with E-state index in [2.05, 4.69) is 0 Å². The maximum atomic E-state index is 12.1. The highest BCUT2D eigenvalue weighted by atomic mass is 32.2. The summed E-state index contributed by atoms with van der Waals surface area (Å²) in [6, 6.07) is 4.90. The Kier molecular flexibility index (Phi) is 4.04. The molecule has 0 radical (unpaired) electrons. The zero-order valence-electron chi connectivity index (χ0n) is 11.4. The lowest BCUT2D eigenvalue weighted by Crippen LogP contribution is -2.07. The SMILES string of the molecule is COc1cc(OC(C)C)cc2oc(SC)cc(=O)c12. The third kappa shape index (κ3) is 2.87. The molecule has 0 saturated carbocycles. The number of thioether (sulfide) groups is 1. The summed E-state index contributed by atoms with van der Waals surface area (Å²) >= 11 is 1.38. The van der Waals surface area contributed by atoms with Gasteiger partial charge in [0.25, 0.3) is 0 Å². The van der Waals surface area contributed by atoms with Gasteiger partial charge in [0, 0.05) is 18.2 Å². The number of rotatable bonds is 4. The fraction of sp³-hybridized carbons (Fsp3) is 0.357. The minimum atomic E-state index is -0.112. The summed E-state index contributed by atoms with van der Waals surface area (Å²) < 4.78 is 16.5. The van der Waals surface area contributed by atoms with Crippen molar-refractivity contribution in [3.8, 4) is 11.5 Å². The first kappa shape index (κ1) is 13.8. The highest BCUT2D eigenvalue weighted by Crippen LogP contribution is 2.31. The minimum absolute atomic E-state index is 0.0395. The van der Waals surface area contributed by atoms with Crippen molar-refractivity contribution in [3.63, 3.8) is 0 Å². The normalized spacial score (nSPS) is 11.0. The number of hydrogen-bond acceptors (Lipinski definition) is 5. The molecule has 0 spiro atoms. The Labute approximate surface area is 115 Å². The maximum absolute atomic E-state index is 12.1. The van der Waals surface area contributed by atoms with Crippen LogP contribution < -0.4 is 14.9 Å². The Morgan fingerprint density at radius 3 is 2.58 bits per heavy atom. The van der Waals surface area contributed by atoms with Gasteiger partial charge in [-0.1, -0.05) is 11.8 Å². The van der Waals surface area contributed by atoms with Gasteiger partial charge in [-0.2, -0.15) is 0 Å². The topological polar surface area (TPSA) is 48.7 Å². The number of ether oxygens (including phenoxy) is 2. The molecule has 5 heteroatoms. The Bertz CT molecular complexity index is 646. The van der Waals surface area contributed by atoms with E-state index in [-0.39, 0.29) is 11.5 Å². The fourth-order valence-electron chi connectivity index (χ4n) is 1.81. The van der Waals surface area contributed by atoms with Gasteiger partial charge in [-0.3, -0.25) is 4.79 Å². The maximum Gasteiger partial charge on any atom is 0.197 e. The van der Waals surface area contributed by atoms with Crippen LogP contribution in [0, 0.1) is 0 Å². The van der Waals surface area contributed by atoms with Crippen LogP contribution in [0.1, 0.15) is 13.8 Å². The van der Waals surface area contributed by atoms with E-state index in [9.17, 15) is 4.79 Å². The highest BCUT2D eigenvalue weighted by Gasteiger charge is 2.13. The fourth-order valence-corrected chi connectivity index (χ4v) is 2.21. The smallest absolute Gasteiger partial charge is 0.197 e. The van der Waals surface area contributed by atoms with E-state index in [0.29, 0.717) is 27.6 Å². The molecule has 2 rings (SSSR count). The van der Waals surface area contributed by atoms with E-state index in [1.165, 1.54) is 24.9 Å². The second-order valence-corrected chi connectivity index (χ2v) is 5.11. The van der Waals surface area contributed by atoms with Crippen molar-refractivity contribution < 1.29 is 13.9 Å². The van der Waals surface area contributed by atoms with Crippen LogP contribution >= 0.6 is 11.8 Å². The lowest BCUT2D eigenvalue weighted by molar-refractivity contribution is 0.241. The monoisotopic (exact) mass is 280 g/mol. The molecule has 0 amide bonds. The van der Waals surface area contributed by atoms with Crippen LogP contribution in [0.4, 0.5) is 0 Å². The van der Waals surface area contributed by atoms with E-state index in [4.69, 9.17) is 13.9 Å². The predicted octanol–water partition coefficient (Wildman–Crippen LogP) is 3.31. The average molecular weight is 280 g/mol. The second kappa shape index (κ2) is 5.57. The average Bonchev–Trinajstić information content (AvgIpc) is 2.36. The molecule has 1 heterocycles. The molecular formula is C14H16O4S. The molecule has 0 aliphatic rings. The van der Waals surface area contributed by atoms with Gasteiger partial charge in [0.2, 0.25) is 0 Å². The molecule has 1 aromatic heterocycles. The molecule has 2 aromatic rings. The van der Waals surface area contributed by atoms with Crippen molar-refractivity contribution in [3.05, 3.63) is 28.4 Å². The Morgan fingerprint density at radius 1 is 1.26 bits per heavy atom. The number of benzene rings is 1. The molecular weight excluding hydrogens is 264 g/mol. The molecule has 1 aromatic carbocycles.